The average Bonchev–Trinajstić information content (AvgIpc) is 2.35. The highest BCUT2D eigenvalue weighted by molar-refractivity contribution is 5.41. The van der Waals surface area contributed by atoms with Crippen molar-refractivity contribution in [1.29, 1.82) is 0 Å². The van der Waals surface area contributed by atoms with Gasteiger partial charge >= 0.3 is 0 Å². The minimum absolute atomic E-state index is 0.662. The fourth-order valence-electron chi connectivity index (χ4n) is 3.12. The summed E-state index contributed by atoms with van der Waals surface area (Å²) < 4.78 is 0. The van der Waals surface area contributed by atoms with Gasteiger partial charge in [0.15, 0.2) is 0 Å². The van der Waals surface area contributed by atoms with Crippen LogP contribution in [-0.2, 0) is 6.42 Å². The van der Waals surface area contributed by atoms with Crippen LogP contribution in [0.25, 0.3) is 0 Å². The van der Waals surface area contributed by atoms with Gasteiger partial charge in [-0.3, -0.25) is 0 Å². The van der Waals surface area contributed by atoms with E-state index in [1.54, 1.807) is 11.1 Å². The third kappa shape index (κ3) is 2.55. The van der Waals surface area contributed by atoms with Gasteiger partial charge in [0.2, 0.25) is 0 Å². The van der Waals surface area contributed by atoms with Crippen LogP contribution in [0, 0.1) is 5.92 Å². The Morgan fingerprint density at radius 3 is 2.53 bits per heavy atom. The highest BCUT2D eigenvalue weighted by atomic mass is 14.9. The van der Waals surface area contributed by atoms with E-state index in [4.69, 9.17) is 0 Å². The SMILES string of the molecule is CCC(CC)CC(NC)C1Cc2ccccc21. The standard InChI is InChI=1S/C16H25N/c1-4-12(5-2)10-16(17-3)15-11-13-8-6-7-9-14(13)15/h6-9,12,15-17H,4-5,10-11H2,1-3H3. The zero-order valence-corrected chi connectivity index (χ0v) is 11.4. The molecule has 0 saturated carbocycles. The number of hydrogen-bond donors (Lipinski definition) is 1. The summed E-state index contributed by atoms with van der Waals surface area (Å²) in [6.07, 6.45) is 5.20. The molecule has 17 heavy (non-hydrogen) atoms. The number of likely N-dealkylation sites (N-methyl/N-ethyl adjacent to an activating group) is 1. The third-order valence-electron chi connectivity index (χ3n) is 4.49. The van der Waals surface area contributed by atoms with E-state index in [9.17, 15) is 0 Å². The summed E-state index contributed by atoms with van der Waals surface area (Å²) in [6.45, 7) is 4.63. The first-order valence-electron chi connectivity index (χ1n) is 7.05. The largest absolute Gasteiger partial charge is 0.316 e. The van der Waals surface area contributed by atoms with Gasteiger partial charge in [0, 0.05) is 12.0 Å². The van der Waals surface area contributed by atoms with Gasteiger partial charge in [-0.1, -0.05) is 51.0 Å². The van der Waals surface area contributed by atoms with E-state index in [0.29, 0.717) is 6.04 Å². The Balaban J connectivity index is 2.02. The molecular weight excluding hydrogens is 206 g/mol. The molecule has 1 nitrogen and oxygen atoms in total. The minimum atomic E-state index is 0.662. The molecule has 0 radical (unpaired) electrons. The van der Waals surface area contributed by atoms with Crippen molar-refractivity contribution in [2.75, 3.05) is 7.05 Å². The van der Waals surface area contributed by atoms with Crippen molar-refractivity contribution in [3.05, 3.63) is 35.4 Å². The predicted octanol–water partition coefficient (Wildman–Crippen LogP) is 3.74. The fourth-order valence-corrected chi connectivity index (χ4v) is 3.12. The lowest BCUT2D eigenvalue weighted by Crippen LogP contribution is -2.39. The maximum Gasteiger partial charge on any atom is 0.0139 e. The minimum Gasteiger partial charge on any atom is -0.316 e. The van der Waals surface area contributed by atoms with E-state index < -0.39 is 0 Å². The van der Waals surface area contributed by atoms with Gasteiger partial charge < -0.3 is 5.32 Å². The molecular formula is C16H25N. The monoisotopic (exact) mass is 231 g/mol. The van der Waals surface area contributed by atoms with Crippen molar-refractivity contribution in [3.63, 3.8) is 0 Å². The molecule has 0 spiro atoms. The van der Waals surface area contributed by atoms with Gasteiger partial charge in [-0.05, 0) is 36.9 Å². The van der Waals surface area contributed by atoms with Crippen LogP contribution in [0.5, 0.6) is 0 Å². The lowest BCUT2D eigenvalue weighted by Gasteiger charge is -2.38. The normalized spacial score (nSPS) is 19.9. The highest BCUT2D eigenvalue weighted by Gasteiger charge is 2.32. The zero-order chi connectivity index (χ0) is 12.3. The summed E-state index contributed by atoms with van der Waals surface area (Å²) in [7, 11) is 2.12. The van der Waals surface area contributed by atoms with Crippen molar-refractivity contribution < 1.29 is 0 Å². The molecule has 0 bridgehead atoms. The summed E-state index contributed by atoms with van der Waals surface area (Å²) in [5.74, 6) is 1.62. The molecule has 1 aromatic carbocycles. The molecule has 2 atom stereocenters. The second kappa shape index (κ2) is 5.68. The smallest absolute Gasteiger partial charge is 0.0139 e. The zero-order valence-electron chi connectivity index (χ0n) is 11.4. The van der Waals surface area contributed by atoms with E-state index in [0.717, 1.165) is 11.8 Å². The molecule has 1 aliphatic rings. The van der Waals surface area contributed by atoms with Crippen molar-refractivity contribution in [2.45, 2.75) is 51.5 Å². The van der Waals surface area contributed by atoms with Gasteiger partial charge in [0.05, 0.1) is 0 Å². The molecule has 0 aromatic heterocycles. The van der Waals surface area contributed by atoms with Crippen LogP contribution in [0.2, 0.25) is 0 Å². The lowest BCUT2D eigenvalue weighted by atomic mass is 9.71. The predicted molar refractivity (Wildman–Crippen MR) is 74.4 cm³/mol. The first-order valence-corrected chi connectivity index (χ1v) is 7.05. The Hall–Kier alpha value is -0.820. The molecule has 0 amide bonds. The summed E-state index contributed by atoms with van der Waals surface area (Å²) >= 11 is 0. The molecule has 94 valence electrons. The first-order chi connectivity index (χ1) is 8.30. The molecule has 1 N–H and O–H groups in total. The maximum atomic E-state index is 3.54. The maximum absolute atomic E-state index is 3.54. The number of nitrogens with one attached hydrogen (secondary N) is 1. The van der Waals surface area contributed by atoms with Gasteiger partial charge in [-0.15, -0.1) is 0 Å². The topological polar surface area (TPSA) is 12.0 Å². The summed E-state index contributed by atoms with van der Waals surface area (Å²) in [6, 6.07) is 9.57. The number of benzene rings is 1. The first kappa shape index (κ1) is 12.6. The molecule has 0 heterocycles. The summed E-state index contributed by atoms with van der Waals surface area (Å²) in [5, 5.41) is 3.54. The molecule has 0 fully saturated rings. The second-order valence-corrected chi connectivity index (χ2v) is 5.32. The molecule has 0 saturated heterocycles. The molecule has 0 aliphatic heterocycles. The van der Waals surface area contributed by atoms with Crippen molar-refractivity contribution in [3.8, 4) is 0 Å². The summed E-state index contributed by atoms with van der Waals surface area (Å²) in [5.41, 5.74) is 3.14. The Bertz CT molecular complexity index is 354. The van der Waals surface area contributed by atoms with Crippen LogP contribution in [0.15, 0.2) is 24.3 Å². The molecule has 1 aromatic rings. The van der Waals surface area contributed by atoms with Crippen molar-refractivity contribution in [2.24, 2.45) is 5.92 Å². The molecule has 1 heteroatoms. The Morgan fingerprint density at radius 2 is 1.94 bits per heavy atom. The molecule has 2 rings (SSSR count). The Morgan fingerprint density at radius 1 is 1.24 bits per heavy atom. The quantitative estimate of drug-likeness (QED) is 0.786. The highest BCUT2D eigenvalue weighted by Crippen LogP contribution is 2.39. The fraction of sp³-hybridized carbons (Fsp3) is 0.625. The van der Waals surface area contributed by atoms with Gasteiger partial charge in [-0.2, -0.15) is 0 Å². The van der Waals surface area contributed by atoms with Crippen LogP contribution < -0.4 is 5.32 Å². The third-order valence-corrected chi connectivity index (χ3v) is 4.49. The van der Waals surface area contributed by atoms with E-state index >= 15 is 0 Å². The van der Waals surface area contributed by atoms with E-state index in [1.807, 2.05) is 0 Å². The van der Waals surface area contributed by atoms with E-state index in [1.165, 1.54) is 25.7 Å². The van der Waals surface area contributed by atoms with Gasteiger partial charge in [0.25, 0.3) is 0 Å². The van der Waals surface area contributed by atoms with Crippen LogP contribution >= 0.6 is 0 Å². The Kier molecular flexibility index (Phi) is 4.22. The molecule has 1 aliphatic carbocycles. The summed E-state index contributed by atoms with van der Waals surface area (Å²) in [4.78, 5) is 0. The van der Waals surface area contributed by atoms with E-state index in [-0.39, 0.29) is 0 Å². The van der Waals surface area contributed by atoms with Gasteiger partial charge in [0.1, 0.15) is 0 Å². The number of rotatable bonds is 6. The van der Waals surface area contributed by atoms with Crippen LogP contribution in [0.4, 0.5) is 0 Å². The van der Waals surface area contributed by atoms with E-state index in [2.05, 4.69) is 50.5 Å². The van der Waals surface area contributed by atoms with Crippen LogP contribution in [0.3, 0.4) is 0 Å². The van der Waals surface area contributed by atoms with Crippen molar-refractivity contribution >= 4 is 0 Å². The van der Waals surface area contributed by atoms with Crippen LogP contribution in [0.1, 0.15) is 50.2 Å². The van der Waals surface area contributed by atoms with Gasteiger partial charge in [-0.25, -0.2) is 0 Å². The van der Waals surface area contributed by atoms with Crippen LogP contribution in [-0.4, -0.2) is 13.1 Å². The second-order valence-electron chi connectivity index (χ2n) is 5.32. The van der Waals surface area contributed by atoms with Crippen molar-refractivity contribution in [1.82, 2.24) is 5.32 Å². The lowest BCUT2D eigenvalue weighted by molar-refractivity contribution is 0.324. The number of fused-ring (bicyclic) bond motifs is 1. The molecule has 2 unspecified atom stereocenters. The Labute approximate surface area is 106 Å². The number of hydrogen-bond acceptors (Lipinski definition) is 1. The average molecular weight is 231 g/mol.